The van der Waals surface area contributed by atoms with Gasteiger partial charge in [0, 0.05) is 37.8 Å². The Kier molecular flexibility index (Phi) is 8.51. The van der Waals surface area contributed by atoms with Crippen LogP contribution in [0.1, 0.15) is 42.1 Å². The van der Waals surface area contributed by atoms with Crippen molar-refractivity contribution < 1.29 is 27.4 Å². The number of nitrogens with two attached hydrogens (primary N) is 1. The predicted octanol–water partition coefficient (Wildman–Crippen LogP) is 4.97. The Balaban J connectivity index is 1.25. The van der Waals surface area contributed by atoms with E-state index in [-0.39, 0.29) is 23.0 Å². The number of anilines is 2. The average Bonchev–Trinajstić information content (AvgIpc) is 3.42. The number of ether oxygens (including phenoxy) is 2. The number of carbonyl (C=O) groups is 1. The second kappa shape index (κ2) is 12.5. The topological polar surface area (TPSA) is 124 Å². The monoisotopic (exact) mass is 624 g/mol. The van der Waals surface area contributed by atoms with E-state index in [9.17, 15) is 18.0 Å². The Morgan fingerprint density at radius 2 is 1.69 bits per heavy atom. The number of benzene rings is 2. The van der Waals surface area contributed by atoms with Crippen LogP contribution in [0, 0.1) is 0 Å². The lowest BCUT2D eigenvalue weighted by atomic mass is 9.90. The number of amides is 1. The summed E-state index contributed by atoms with van der Waals surface area (Å²) in [6, 6.07) is 10.9. The van der Waals surface area contributed by atoms with Gasteiger partial charge in [-0.2, -0.15) is 5.10 Å². The largest absolute Gasteiger partial charge is 0.573 e. The summed E-state index contributed by atoms with van der Waals surface area (Å²) in [6.45, 7) is 4.37. The third-order valence-electron chi connectivity index (χ3n) is 8.67. The zero-order chi connectivity index (χ0) is 31.7. The van der Waals surface area contributed by atoms with E-state index in [2.05, 4.69) is 36.9 Å². The van der Waals surface area contributed by atoms with E-state index in [1.807, 2.05) is 4.68 Å². The highest BCUT2D eigenvalue weighted by Crippen LogP contribution is 2.39. The Labute approximate surface area is 258 Å². The van der Waals surface area contributed by atoms with Gasteiger partial charge in [0.05, 0.1) is 29.8 Å². The van der Waals surface area contributed by atoms with Crippen LogP contribution < -0.4 is 20.5 Å². The van der Waals surface area contributed by atoms with E-state index >= 15 is 0 Å². The molecule has 0 radical (unpaired) electrons. The number of nitrogens with one attached hydrogen (secondary N) is 1. The first kappa shape index (κ1) is 30.6. The number of nitrogens with zero attached hydrogens (tertiary/aromatic N) is 6. The van der Waals surface area contributed by atoms with Crippen molar-refractivity contribution in [3.05, 3.63) is 54.4 Å². The summed E-state index contributed by atoms with van der Waals surface area (Å²) in [6.07, 6.45) is 0.568. The number of para-hydroxylation sites is 1. The number of rotatable bonds is 7. The molecule has 11 nitrogen and oxygen atoms in total. The van der Waals surface area contributed by atoms with Crippen LogP contribution in [0.5, 0.6) is 11.5 Å². The molecule has 6 rings (SSSR count). The molecule has 1 saturated carbocycles. The van der Waals surface area contributed by atoms with Crippen LogP contribution >= 0.6 is 0 Å². The highest BCUT2D eigenvalue weighted by Gasteiger charge is 2.33. The minimum atomic E-state index is -4.95. The summed E-state index contributed by atoms with van der Waals surface area (Å²) in [7, 11) is 3.60. The molecule has 2 aliphatic rings. The minimum absolute atomic E-state index is 0.152. The van der Waals surface area contributed by atoms with Crippen molar-refractivity contribution in [2.45, 2.75) is 44.1 Å². The van der Waals surface area contributed by atoms with E-state index in [0.717, 1.165) is 57.9 Å². The second-order valence-corrected chi connectivity index (χ2v) is 11.5. The van der Waals surface area contributed by atoms with Gasteiger partial charge in [-0.15, -0.1) is 13.2 Å². The lowest BCUT2D eigenvalue weighted by Gasteiger charge is -2.41. The standard InChI is InChI=1S/C31H35F3N8O3/c1-40-13-15-41(16-14-40)20-8-10-21(11-9-20)42-29-26(28(35)36-18-37-29)27(39-42)19-7-12-23(25(17-19)44-2)38-30(43)22-5-3-4-6-24(22)45-31(32,33)34/h3-7,12,17-18,20-21H,8-11,13-16H2,1-2H3,(H,38,43)(H2,35,36,37)/t20-,21+. The molecule has 1 aliphatic carbocycles. The lowest BCUT2D eigenvalue weighted by molar-refractivity contribution is -0.274. The van der Waals surface area contributed by atoms with Gasteiger partial charge in [-0.3, -0.25) is 9.69 Å². The summed E-state index contributed by atoms with van der Waals surface area (Å²) in [5, 5.41) is 8.25. The lowest BCUT2D eigenvalue weighted by Crippen LogP contribution is -2.49. The van der Waals surface area contributed by atoms with Gasteiger partial charge in [0.1, 0.15) is 29.3 Å². The molecule has 1 saturated heterocycles. The molecule has 45 heavy (non-hydrogen) atoms. The molecular formula is C31H35F3N8O3. The average molecular weight is 625 g/mol. The Bertz CT molecular complexity index is 1680. The van der Waals surface area contributed by atoms with Crippen molar-refractivity contribution in [3.8, 4) is 22.8 Å². The molecule has 0 bridgehead atoms. The SMILES string of the molecule is COc1cc(-c2nn([C@H]3CC[C@@H](N4CCN(C)CC4)CC3)c3ncnc(N)c23)ccc1NC(=O)c1ccccc1OC(F)(F)F. The molecule has 14 heteroatoms. The molecule has 3 N–H and O–H groups in total. The van der Waals surface area contributed by atoms with Gasteiger partial charge in [-0.25, -0.2) is 14.6 Å². The highest BCUT2D eigenvalue weighted by molar-refractivity contribution is 6.07. The van der Waals surface area contributed by atoms with Crippen LogP contribution in [0.25, 0.3) is 22.3 Å². The van der Waals surface area contributed by atoms with Crippen molar-refractivity contribution in [2.24, 2.45) is 0 Å². The van der Waals surface area contributed by atoms with Crippen LogP contribution in [0.4, 0.5) is 24.7 Å². The summed E-state index contributed by atoms with van der Waals surface area (Å²) >= 11 is 0. The highest BCUT2D eigenvalue weighted by atomic mass is 19.4. The first-order valence-electron chi connectivity index (χ1n) is 14.9. The Hall–Kier alpha value is -4.43. The van der Waals surface area contributed by atoms with E-state index < -0.39 is 18.0 Å². The van der Waals surface area contributed by atoms with Gasteiger partial charge in [0.2, 0.25) is 0 Å². The number of piperazine rings is 1. The fourth-order valence-electron chi connectivity index (χ4n) is 6.31. The number of aromatic nitrogens is 4. The predicted molar refractivity (Wildman–Crippen MR) is 163 cm³/mol. The normalized spacial score (nSPS) is 19.8. The molecule has 2 aromatic heterocycles. The quantitative estimate of drug-likeness (QED) is 0.294. The molecule has 238 valence electrons. The summed E-state index contributed by atoms with van der Waals surface area (Å²) in [5.41, 5.74) is 8.21. The molecule has 2 fully saturated rings. The van der Waals surface area contributed by atoms with E-state index in [1.165, 1.54) is 31.6 Å². The van der Waals surface area contributed by atoms with Crippen LogP contribution in [0.15, 0.2) is 48.8 Å². The maximum Gasteiger partial charge on any atom is 0.573 e. The van der Waals surface area contributed by atoms with Crippen LogP contribution in [-0.2, 0) is 0 Å². The van der Waals surface area contributed by atoms with Gasteiger partial charge >= 0.3 is 6.36 Å². The van der Waals surface area contributed by atoms with Gasteiger partial charge in [0.25, 0.3) is 5.91 Å². The van der Waals surface area contributed by atoms with Crippen molar-refractivity contribution in [3.63, 3.8) is 0 Å². The van der Waals surface area contributed by atoms with Gasteiger partial charge in [-0.1, -0.05) is 18.2 Å². The molecular weight excluding hydrogens is 589 g/mol. The molecule has 4 aromatic rings. The number of nitrogen functional groups attached to an aromatic ring is 1. The van der Waals surface area contributed by atoms with Crippen molar-refractivity contribution in [1.82, 2.24) is 29.5 Å². The Morgan fingerprint density at radius 3 is 2.40 bits per heavy atom. The van der Waals surface area contributed by atoms with E-state index in [0.29, 0.717) is 34.2 Å². The fourth-order valence-corrected chi connectivity index (χ4v) is 6.31. The number of carbonyl (C=O) groups excluding carboxylic acids is 1. The molecule has 2 aromatic carbocycles. The molecule has 0 atom stereocenters. The zero-order valence-corrected chi connectivity index (χ0v) is 25.0. The first-order chi connectivity index (χ1) is 21.6. The summed E-state index contributed by atoms with van der Waals surface area (Å²) < 4.78 is 50.3. The second-order valence-electron chi connectivity index (χ2n) is 11.5. The van der Waals surface area contributed by atoms with Crippen LogP contribution in [0.2, 0.25) is 0 Å². The minimum Gasteiger partial charge on any atom is -0.495 e. The van der Waals surface area contributed by atoms with Crippen molar-refractivity contribution >= 4 is 28.4 Å². The molecule has 3 heterocycles. The van der Waals surface area contributed by atoms with Crippen LogP contribution in [0.3, 0.4) is 0 Å². The molecule has 1 amide bonds. The van der Waals surface area contributed by atoms with Crippen molar-refractivity contribution in [2.75, 3.05) is 51.4 Å². The number of likely N-dealkylation sites (N-methyl/N-ethyl adjacent to an activating group) is 1. The summed E-state index contributed by atoms with van der Waals surface area (Å²) in [4.78, 5) is 26.8. The van der Waals surface area contributed by atoms with Crippen LogP contribution in [-0.4, -0.2) is 88.2 Å². The third kappa shape index (κ3) is 6.52. The number of fused-ring (bicyclic) bond motifs is 1. The van der Waals surface area contributed by atoms with Crippen molar-refractivity contribution in [1.29, 1.82) is 0 Å². The maximum absolute atomic E-state index is 13.0. The fraction of sp³-hybridized carbons (Fsp3) is 0.419. The smallest absolute Gasteiger partial charge is 0.495 e. The number of methoxy groups -OCH3 is 1. The first-order valence-corrected chi connectivity index (χ1v) is 14.9. The van der Waals surface area contributed by atoms with E-state index in [1.54, 1.807) is 18.2 Å². The van der Waals surface area contributed by atoms with Gasteiger partial charge in [-0.05, 0) is 57.0 Å². The number of hydrogen-bond donors (Lipinski definition) is 2. The molecule has 0 unspecified atom stereocenters. The van der Waals surface area contributed by atoms with Gasteiger partial charge in [0.15, 0.2) is 5.65 Å². The number of alkyl halides is 3. The number of halogens is 3. The zero-order valence-electron chi connectivity index (χ0n) is 25.0. The number of hydrogen-bond acceptors (Lipinski definition) is 9. The maximum atomic E-state index is 13.0. The van der Waals surface area contributed by atoms with Gasteiger partial charge < -0.3 is 25.4 Å². The third-order valence-corrected chi connectivity index (χ3v) is 8.67. The molecule has 1 aliphatic heterocycles. The van der Waals surface area contributed by atoms with E-state index in [4.69, 9.17) is 15.6 Å². The summed E-state index contributed by atoms with van der Waals surface area (Å²) in [5.74, 6) is -0.825. The Morgan fingerprint density at radius 1 is 0.978 bits per heavy atom. The molecule has 0 spiro atoms.